The van der Waals surface area contributed by atoms with Crippen molar-refractivity contribution in [2.24, 2.45) is 4.99 Å². The third-order valence-electron chi connectivity index (χ3n) is 4.11. The summed E-state index contributed by atoms with van der Waals surface area (Å²) in [5, 5.41) is 7.72. The largest absolute Gasteiger partial charge is 0.434 e. The molecule has 0 bridgehead atoms. The lowest BCUT2D eigenvalue weighted by molar-refractivity contribution is -0.140. The molecule has 2 heterocycles. The van der Waals surface area contributed by atoms with Gasteiger partial charge in [0.1, 0.15) is 5.01 Å². The number of aliphatic imine (C=N–C) groups is 1. The second kappa shape index (κ2) is 11.4. The molecular weight excluding hydrogens is 494 g/mol. The molecule has 0 radical (unpaired) electrons. The molecule has 2 rings (SSSR count). The molecule has 0 aliphatic carbocycles. The molecule has 1 aliphatic heterocycles. The van der Waals surface area contributed by atoms with Gasteiger partial charge in [-0.25, -0.2) is 9.98 Å². The first-order chi connectivity index (χ1) is 12.3. The number of guanidine groups is 1. The van der Waals surface area contributed by atoms with E-state index < -0.39 is 11.9 Å². The molecule has 1 aromatic heterocycles. The average molecular weight is 521 g/mol. The summed E-state index contributed by atoms with van der Waals surface area (Å²) >= 11 is 0.968. The number of thiazole rings is 1. The molecular formula is C16H27F3IN5OS. The summed E-state index contributed by atoms with van der Waals surface area (Å²) in [7, 11) is 0. The van der Waals surface area contributed by atoms with Crippen molar-refractivity contribution in [2.75, 3.05) is 32.8 Å². The lowest BCUT2D eigenvalue weighted by Gasteiger charge is -2.38. The Kier molecular flexibility index (Phi) is 10.3. The number of hydrogen-bond acceptors (Lipinski definition) is 5. The van der Waals surface area contributed by atoms with E-state index in [1.54, 1.807) is 0 Å². The number of nitrogens with zero attached hydrogens (tertiary/aromatic N) is 3. The van der Waals surface area contributed by atoms with Gasteiger partial charge in [-0.2, -0.15) is 13.2 Å². The molecule has 0 amide bonds. The maximum absolute atomic E-state index is 12.6. The SMILES string of the molecule is CCNC(=NCc1nc(C(F)(F)F)cs1)NCC(C)N1CCOCC1C.I. The van der Waals surface area contributed by atoms with Crippen LogP contribution in [0.25, 0.3) is 0 Å². The van der Waals surface area contributed by atoms with Gasteiger partial charge in [0.05, 0.1) is 19.8 Å². The zero-order valence-electron chi connectivity index (χ0n) is 15.7. The molecule has 156 valence electrons. The smallest absolute Gasteiger partial charge is 0.379 e. The van der Waals surface area contributed by atoms with Crippen LogP contribution < -0.4 is 10.6 Å². The first kappa shape index (κ1) is 24.4. The molecule has 1 fully saturated rings. The minimum Gasteiger partial charge on any atom is -0.379 e. The molecule has 6 nitrogen and oxygen atoms in total. The van der Waals surface area contributed by atoms with E-state index in [-0.39, 0.29) is 36.6 Å². The van der Waals surface area contributed by atoms with Crippen molar-refractivity contribution in [1.29, 1.82) is 0 Å². The number of alkyl halides is 3. The van der Waals surface area contributed by atoms with Crippen LogP contribution in [-0.4, -0.2) is 60.8 Å². The van der Waals surface area contributed by atoms with Gasteiger partial charge in [-0.1, -0.05) is 0 Å². The summed E-state index contributed by atoms with van der Waals surface area (Å²) in [5.74, 6) is 0.573. The number of hydrogen-bond donors (Lipinski definition) is 2. The molecule has 0 saturated carbocycles. The van der Waals surface area contributed by atoms with Crippen molar-refractivity contribution < 1.29 is 17.9 Å². The maximum Gasteiger partial charge on any atom is 0.434 e. The number of rotatable bonds is 6. The van der Waals surface area contributed by atoms with Crippen LogP contribution in [0.3, 0.4) is 0 Å². The van der Waals surface area contributed by atoms with E-state index in [1.807, 2.05) is 6.92 Å². The van der Waals surface area contributed by atoms with Crippen LogP contribution in [0.1, 0.15) is 31.5 Å². The number of nitrogens with one attached hydrogen (secondary N) is 2. The molecule has 27 heavy (non-hydrogen) atoms. The van der Waals surface area contributed by atoms with Crippen LogP contribution in [0.5, 0.6) is 0 Å². The number of aromatic nitrogens is 1. The van der Waals surface area contributed by atoms with Crippen LogP contribution in [0, 0.1) is 0 Å². The predicted octanol–water partition coefficient (Wildman–Crippen LogP) is 2.94. The van der Waals surface area contributed by atoms with Crippen LogP contribution in [0.4, 0.5) is 13.2 Å². The van der Waals surface area contributed by atoms with Gasteiger partial charge in [0, 0.05) is 37.1 Å². The Bertz CT molecular complexity index is 599. The zero-order chi connectivity index (χ0) is 19.2. The van der Waals surface area contributed by atoms with Gasteiger partial charge >= 0.3 is 6.18 Å². The van der Waals surface area contributed by atoms with Gasteiger partial charge in [0.25, 0.3) is 0 Å². The molecule has 0 spiro atoms. The van der Waals surface area contributed by atoms with Gasteiger partial charge in [-0.3, -0.25) is 4.90 Å². The van der Waals surface area contributed by atoms with E-state index in [0.29, 0.717) is 30.1 Å². The fourth-order valence-electron chi connectivity index (χ4n) is 2.76. The van der Waals surface area contributed by atoms with Crippen molar-refractivity contribution in [3.8, 4) is 0 Å². The highest BCUT2D eigenvalue weighted by molar-refractivity contribution is 14.0. The monoisotopic (exact) mass is 521 g/mol. The zero-order valence-corrected chi connectivity index (χ0v) is 18.8. The third kappa shape index (κ3) is 7.70. The summed E-state index contributed by atoms with van der Waals surface area (Å²) in [5.41, 5.74) is -0.861. The van der Waals surface area contributed by atoms with Gasteiger partial charge in [-0.05, 0) is 20.8 Å². The second-order valence-corrected chi connectivity index (χ2v) is 7.15. The minimum absolute atomic E-state index is 0. The Balaban J connectivity index is 0.00000364. The van der Waals surface area contributed by atoms with Crippen molar-refractivity contribution in [3.05, 3.63) is 16.1 Å². The molecule has 1 saturated heterocycles. The van der Waals surface area contributed by atoms with Gasteiger partial charge in [-0.15, -0.1) is 35.3 Å². The summed E-state index contributed by atoms with van der Waals surface area (Å²) in [6, 6.07) is 0.644. The van der Waals surface area contributed by atoms with Gasteiger partial charge in [0.2, 0.25) is 0 Å². The Hall–Kier alpha value is -0.660. The molecule has 1 aliphatic rings. The number of morpholine rings is 1. The van der Waals surface area contributed by atoms with Crippen molar-refractivity contribution >= 4 is 41.3 Å². The van der Waals surface area contributed by atoms with Crippen LogP contribution in [0.15, 0.2) is 10.4 Å². The van der Waals surface area contributed by atoms with E-state index in [9.17, 15) is 13.2 Å². The highest BCUT2D eigenvalue weighted by Gasteiger charge is 2.33. The van der Waals surface area contributed by atoms with E-state index in [2.05, 4.69) is 39.4 Å². The Morgan fingerprint density at radius 1 is 1.48 bits per heavy atom. The highest BCUT2D eigenvalue weighted by atomic mass is 127. The normalized spacial score (nSPS) is 20.1. The summed E-state index contributed by atoms with van der Waals surface area (Å²) in [6.07, 6.45) is -4.41. The minimum atomic E-state index is -4.41. The number of halogens is 4. The fourth-order valence-corrected chi connectivity index (χ4v) is 3.48. The first-order valence-electron chi connectivity index (χ1n) is 8.68. The maximum atomic E-state index is 12.6. The van der Waals surface area contributed by atoms with E-state index in [0.717, 1.165) is 36.5 Å². The fraction of sp³-hybridized carbons (Fsp3) is 0.750. The molecule has 2 N–H and O–H groups in total. The second-order valence-electron chi connectivity index (χ2n) is 6.21. The van der Waals surface area contributed by atoms with Crippen LogP contribution in [0.2, 0.25) is 0 Å². The molecule has 2 unspecified atom stereocenters. The Morgan fingerprint density at radius 3 is 2.81 bits per heavy atom. The van der Waals surface area contributed by atoms with Crippen LogP contribution >= 0.6 is 35.3 Å². The Morgan fingerprint density at radius 2 is 2.22 bits per heavy atom. The standard InChI is InChI=1S/C16H26F3N5OS.HI/c1-4-20-15(21-7-11(2)24-5-6-25-9-12(24)3)22-8-14-23-13(10-26-14)16(17,18)19;/h10-12H,4-9H2,1-3H3,(H2,20,21,22);1H. The van der Waals surface area contributed by atoms with Crippen molar-refractivity contribution in [2.45, 2.75) is 45.6 Å². The Labute approximate surface area is 179 Å². The summed E-state index contributed by atoms with van der Waals surface area (Å²) in [4.78, 5) is 10.3. The molecule has 11 heteroatoms. The topological polar surface area (TPSA) is 61.8 Å². The van der Waals surface area contributed by atoms with E-state index >= 15 is 0 Å². The van der Waals surface area contributed by atoms with Crippen molar-refractivity contribution in [1.82, 2.24) is 20.5 Å². The third-order valence-corrected chi connectivity index (χ3v) is 4.94. The first-order valence-corrected chi connectivity index (χ1v) is 9.56. The van der Waals surface area contributed by atoms with Crippen molar-refractivity contribution in [3.63, 3.8) is 0 Å². The number of ether oxygens (including phenoxy) is 1. The van der Waals surface area contributed by atoms with E-state index in [4.69, 9.17) is 4.74 Å². The molecule has 1 aromatic rings. The quantitative estimate of drug-likeness (QED) is 0.343. The predicted molar refractivity (Wildman–Crippen MR) is 112 cm³/mol. The lowest BCUT2D eigenvalue weighted by atomic mass is 10.2. The molecule has 0 aromatic carbocycles. The summed E-state index contributed by atoms with van der Waals surface area (Å²) in [6.45, 7) is 10.0. The average Bonchev–Trinajstić information content (AvgIpc) is 3.07. The lowest BCUT2D eigenvalue weighted by Crippen LogP contribution is -2.53. The van der Waals surface area contributed by atoms with E-state index in [1.165, 1.54) is 0 Å². The summed E-state index contributed by atoms with van der Waals surface area (Å²) < 4.78 is 43.3. The van der Waals surface area contributed by atoms with Crippen LogP contribution in [-0.2, 0) is 17.5 Å². The highest BCUT2D eigenvalue weighted by Crippen LogP contribution is 2.30. The molecule has 2 atom stereocenters. The van der Waals surface area contributed by atoms with Gasteiger partial charge < -0.3 is 15.4 Å². The van der Waals surface area contributed by atoms with Gasteiger partial charge in [0.15, 0.2) is 11.7 Å².